The van der Waals surface area contributed by atoms with Gasteiger partial charge in [0.15, 0.2) is 5.58 Å². The summed E-state index contributed by atoms with van der Waals surface area (Å²) in [6.07, 6.45) is 8.46. The maximum Gasteiger partial charge on any atom is 0.299 e. The summed E-state index contributed by atoms with van der Waals surface area (Å²) in [6, 6.07) is 6.09. The SMILES string of the molecule is COc1ccc2oc(N3CCCCC3(CCC3[C@H](C)CCC[C@@H]3C)C(N)=O)nc2c1. The fourth-order valence-electron chi connectivity index (χ4n) is 5.82. The van der Waals surface area contributed by atoms with Gasteiger partial charge in [0, 0.05) is 12.6 Å². The molecule has 2 unspecified atom stereocenters. The monoisotopic (exact) mass is 413 g/mol. The van der Waals surface area contributed by atoms with Crippen LogP contribution < -0.4 is 15.4 Å². The maximum absolute atomic E-state index is 12.9. The number of oxazole rings is 1. The first kappa shape index (κ1) is 21.0. The van der Waals surface area contributed by atoms with Crippen molar-refractivity contribution in [1.29, 1.82) is 0 Å². The summed E-state index contributed by atoms with van der Waals surface area (Å²) in [7, 11) is 1.64. The van der Waals surface area contributed by atoms with Crippen LogP contribution >= 0.6 is 0 Å². The summed E-state index contributed by atoms with van der Waals surface area (Å²) in [5.41, 5.74) is 6.80. The van der Waals surface area contributed by atoms with Gasteiger partial charge in [0.1, 0.15) is 16.8 Å². The quantitative estimate of drug-likeness (QED) is 0.728. The first-order valence-corrected chi connectivity index (χ1v) is 11.5. The Hall–Kier alpha value is -2.24. The minimum Gasteiger partial charge on any atom is -0.497 e. The lowest BCUT2D eigenvalue weighted by molar-refractivity contribution is -0.124. The Kier molecular flexibility index (Phi) is 5.94. The number of ether oxygens (including phenoxy) is 1. The Morgan fingerprint density at radius 2 is 2.03 bits per heavy atom. The molecule has 1 aromatic heterocycles. The molecule has 1 saturated heterocycles. The zero-order valence-corrected chi connectivity index (χ0v) is 18.5. The first-order chi connectivity index (χ1) is 14.4. The van der Waals surface area contributed by atoms with Gasteiger partial charge in [-0.1, -0.05) is 33.1 Å². The van der Waals surface area contributed by atoms with Gasteiger partial charge in [0.2, 0.25) is 5.91 Å². The van der Waals surface area contributed by atoms with Crippen molar-refractivity contribution in [1.82, 2.24) is 4.98 Å². The van der Waals surface area contributed by atoms with Gasteiger partial charge in [-0.05, 0) is 62.0 Å². The van der Waals surface area contributed by atoms with Gasteiger partial charge in [0.05, 0.1) is 7.11 Å². The number of methoxy groups -OCH3 is 1. The lowest BCUT2D eigenvalue weighted by Crippen LogP contribution is -2.60. The molecule has 2 heterocycles. The zero-order chi connectivity index (χ0) is 21.3. The third-order valence-corrected chi connectivity index (χ3v) is 7.68. The number of fused-ring (bicyclic) bond motifs is 1. The van der Waals surface area contributed by atoms with E-state index in [-0.39, 0.29) is 5.91 Å². The molecule has 2 fully saturated rings. The van der Waals surface area contributed by atoms with Crippen LogP contribution in [0.15, 0.2) is 22.6 Å². The minimum atomic E-state index is -0.722. The van der Waals surface area contributed by atoms with Crippen molar-refractivity contribution in [2.24, 2.45) is 23.5 Å². The van der Waals surface area contributed by atoms with Gasteiger partial charge in [-0.3, -0.25) is 4.79 Å². The smallest absolute Gasteiger partial charge is 0.299 e. The largest absolute Gasteiger partial charge is 0.497 e. The number of benzene rings is 1. The summed E-state index contributed by atoms with van der Waals surface area (Å²) in [4.78, 5) is 19.7. The Morgan fingerprint density at radius 3 is 2.73 bits per heavy atom. The second-order valence-electron chi connectivity index (χ2n) is 9.42. The fraction of sp³-hybridized carbons (Fsp3) is 0.667. The van der Waals surface area contributed by atoms with Crippen LogP contribution in [0.25, 0.3) is 11.1 Å². The number of hydrogen-bond acceptors (Lipinski definition) is 5. The van der Waals surface area contributed by atoms with E-state index >= 15 is 0 Å². The molecule has 1 amide bonds. The van der Waals surface area contributed by atoms with Crippen LogP contribution in [0.1, 0.15) is 65.2 Å². The standard InChI is InChI=1S/C24H35N3O3/c1-16-7-6-8-17(2)19(16)11-13-24(22(25)28)12-4-5-14-27(24)23-26-20-15-18(29-3)9-10-21(20)30-23/h9-10,15-17,19H,4-8,11-14H2,1-3H3,(H2,25,28)/t16-,17+,19?,24?. The number of piperidine rings is 1. The van der Waals surface area contributed by atoms with E-state index in [1.165, 1.54) is 19.3 Å². The van der Waals surface area contributed by atoms with Gasteiger partial charge in [0.25, 0.3) is 6.01 Å². The number of nitrogens with zero attached hydrogens (tertiary/aromatic N) is 2. The predicted octanol–water partition coefficient (Wildman–Crippen LogP) is 4.90. The average Bonchev–Trinajstić information content (AvgIpc) is 3.16. The zero-order valence-electron chi connectivity index (χ0n) is 18.5. The molecule has 6 heteroatoms. The Labute approximate surface area is 179 Å². The van der Waals surface area contributed by atoms with Crippen LogP contribution in [0.2, 0.25) is 0 Å². The molecule has 30 heavy (non-hydrogen) atoms. The van der Waals surface area contributed by atoms with Crippen molar-refractivity contribution in [3.63, 3.8) is 0 Å². The van der Waals surface area contributed by atoms with Crippen molar-refractivity contribution in [3.05, 3.63) is 18.2 Å². The average molecular weight is 414 g/mol. The van der Waals surface area contributed by atoms with Gasteiger partial charge >= 0.3 is 0 Å². The molecule has 0 spiro atoms. The van der Waals surface area contributed by atoms with Crippen LogP contribution in [0.3, 0.4) is 0 Å². The first-order valence-electron chi connectivity index (χ1n) is 11.5. The van der Waals surface area contributed by atoms with Crippen molar-refractivity contribution in [3.8, 4) is 5.75 Å². The Morgan fingerprint density at radius 1 is 1.27 bits per heavy atom. The molecular weight excluding hydrogens is 378 g/mol. The number of rotatable bonds is 6. The Balaban J connectivity index is 1.64. The van der Waals surface area contributed by atoms with Crippen LogP contribution in [0.5, 0.6) is 5.75 Å². The summed E-state index contributed by atoms with van der Waals surface area (Å²) < 4.78 is 11.4. The maximum atomic E-state index is 12.9. The molecule has 1 saturated carbocycles. The summed E-state index contributed by atoms with van der Waals surface area (Å²) >= 11 is 0. The number of primary amides is 1. The highest BCUT2D eigenvalue weighted by atomic mass is 16.5. The van der Waals surface area contributed by atoms with Crippen LogP contribution in [-0.4, -0.2) is 30.1 Å². The third-order valence-electron chi connectivity index (χ3n) is 7.68. The molecule has 2 N–H and O–H groups in total. The van der Waals surface area contributed by atoms with Gasteiger partial charge in [-0.25, -0.2) is 0 Å². The highest BCUT2D eigenvalue weighted by Gasteiger charge is 2.47. The lowest BCUT2D eigenvalue weighted by atomic mass is 9.69. The second-order valence-corrected chi connectivity index (χ2v) is 9.42. The number of carbonyl (C=O) groups excluding carboxylic acids is 1. The number of amides is 1. The molecule has 1 aromatic carbocycles. The molecule has 1 aliphatic carbocycles. The van der Waals surface area contributed by atoms with E-state index in [0.717, 1.165) is 49.9 Å². The molecule has 0 bridgehead atoms. The number of carbonyl (C=O) groups is 1. The molecule has 2 aromatic rings. The van der Waals surface area contributed by atoms with E-state index in [9.17, 15) is 4.79 Å². The van der Waals surface area contributed by atoms with Crippen molar-refractivity contribution >= 4 is 23.0 Å². The number of anilines is 1. The van der Waals surface area contributed by atoms with E-state index in [2.05, 4.69) is 18.7 Å². The third kappa shape index (κ3) is 3.77. The molecule has 4 atom stereocenters. The Bertz CT molecular complexity index is 885. The van der Waals surface area contributed by atoms with Crippen molar-refractivity contribution in [2.75, 3.05) is 18.6 Å². The van der Waals surface area contributed by atoms with Gasteiger partial charge in [-0.15, -0.1) is 0 Å². The highest BCUT2D eigenvalue weighted by molar-refractivity contribution is 5.89. The van der Waals surface area contributed by atoms with E-state index < -0.39 is 5.54 Å². The van der Waals surface area contributed by atoms with Gasteiger partial charge in [-0.2, -0.15) is 4.98 Å². The molecule has 4 rings (SSSR count). The van der Waals surface area contributed by atoms with Crippen LogP contribution in [-0.2, 0) is 4.79 Å². The van der Waals surface area contributed by atoms with Crippen LogP contribution in [0.4, 0.5) is 6.01 Å². The highest BCUT2D eigenvalue weighted by Crippen LogP contribution is 2.42. The number of nitrogens with two attached hydrogens (primary N) is 1. The normalized spacial score (nSPS) is 29.8. The minimum absolute atomic E-state index is 0.252. The van der Waals surface area contributed by atoms with Crippen molar-refractivity contribution < 1.29 is 13.9 Å². The van der Waals surface area contributed by atoms with Gasteiger partial charge < -0.3 is 19.8 Å². The van der Waals surface area contributed by atoms with E-state index in [0.29, 0.717) is 29.4 Å². The van der Waals surface area contributed by atoms with Crippen LogP contribution in [0, 0.1) is 17.8 Å². The lowest BCUT2D eigenvalue weighted by Gasteiger charge is -2.46. The summed E-state index contributed by atoms with van der Waals surface area (Å²) in [6.45, 7) is 5.47. The summed E-state index contributed by atoms with van der Waals surface area (Å²) in [5, 5.41) is 0. The molecular formula is C24H35N3O3. The second kappa shape index (κ2) is 8.48. The van der Waals surface area contributed by atoms with E-state index in [1.807, 2.05) is 18.2 Å². The molecule has 164 valence electrons. The summed E-state index contributed by atoms with van der Waals surface area (Å²) in [5.74, 6) is 2.53. The van der Waals surface area contributed by atoms with E-state index in [1.54, 1.807) is 7.11 Å². The molecule has 1 aliphatic heterocycles. The number of hydrogen-bond donors (Lipinski definition) is 1. The fourth-order valence-corrected chi connectivity index (χ4v) is 5.82. The topological polar surface area (TPSA) is 81.6 Å². The molecule has 0 radical (unpaired) electrons. The molecule has 6 nitrogen and oxygen atoms in total. The number of aromatic nitrogens is 1. The molecule has 2 aliphatic rings. The van der Waals surface area contributed by atoms with Crippen molar-refractivity contribution in [2.45, 2.75) is 70.8 Å². The predicted molar refractivity (Wildman–Crippen MR) is 119 cm³/mol. The van der Waals surface area contributed by atoms with E-state index in [4.69, 9.17) is 19.9 Å².